The first kappa shape index (κ1) is 25.2. The van der Waals surface area contributed by atoms with Gasteiger partial charge in [-0.25, -0.2) is 0 Å². The monoisotopic (exact) mass is 468 g/mol. The zero-order chi connectivity index (χ0) is 24.5. The molecule has 2 fully saturated rings. The van der Waals surface area contributed by atoms with E-state index in [9.17, 15) is 9.90 Å². The van der Waals surface area contributed by atoms with E-state index in [1.807, 2.05) is 19.4 Å². The van der Waals surface area contributed by atoms with E-state index >= 15 is 0 Å². The van der Waals surface area contributed by atoms with Gasteiger partial charge in [0.2, 0.25) is 0 Å². The minimum Gasteiger partial charge on any atom is -0.496 e. The predicted molar refractivity (Wildman–Crippen MR) is 135 cm³/mol. The standard InChI is InChI=1S/C29H42NO4/c1-19-16-26-24(11-10-21(3)29(26,32)17-28(19)34-22(4)31)20(2)18-30-14-12-23(13-15-30)25-8-6-7-9-27(25)33-5/h6-9,16-17,20-21,23-24,26,28,32H,10-15,18H2,1-5H3/t20?,21-,24+,26-,28-,29-/m1/s1. The lowest BCUT2D eigenvalue weighted by molar-refractivity contribution is -0.148. The fourth-order valence-electron chi connectivity index (χ4n) is 6.73. The summed E-state index contributed by atoms with van der Waals surface area (Å²) in [5.41, 5.74) is 1.45. The Hall–Kier alpha value is -1.85. The van der Waals surface area contributed by atoms with Gasteiger partial charge in [-0.3, -0.25) is 4.79 Å². The zero-order valence-electron chi connectivity index (χ0n) is 21.5. The molecule has 0 amide bonds. The third-order valence-electron chi connectivity index (χ3n) is 8.76. The van der Waals surface area contributed by atoms with Gasteiger partial charge in [-0.05, 0) is 86.6 Å². The Kier molecular flexibility index (Phi) is 7.73. The van der Waals surface area contributed by atoms with Crippen molar-refractivity contribution in [1.29, 1.82) is 0 Å². The second-order valence-electron chi connectivity index (χ2n) is 11.0. The topological polar surface area (TPSA) is 59.0 Å². The molecule has 1 saturated carbocycles. The number of likely N-dealkylation sites (tertiary alicyclic amines) is 1. The van der Waals surface area contributed by atoms with Crippen molar-refractivity contribution < 1.29 is 19.4 Å². The average molecular weight is 469 g/mol. The summed E-state index contributed by atoms with van der Waals surface area (Å²) in [6.45, 7) is 11.2. The van der Waals surface area contributed by atoms with Crippen LogP contribution in [0.3, 0.4) is 0 Å². The Morgan fingerprint density at radius 2 is 1.91 bits per heavy atom. The van der Waals surface area contributed by atoms with Crippen LogP contribution in [0.1, 0.15) is 64.9 Å². The molecule has 1 aliphatic heterocycles. The van der Waals surface area contributed by atoms with Crippen LogP contribution in [0.15, 0.2) is 35.9 Å². The summed E-state index contributed by atoms with van der Waals surface area (Å²) in [6.07, 6.45) is 8.12. The highest BCUT2D eigenvalue weighted by Gasteiger charge is 2.53. The van der Waals surface area contributed by atoms with Crippen LogP contribution in [0, 0.1) is 30.1 Å². The van der Waals surface area contributed by atoms with E-state index in [1.54, 1.807) is 7.11 Å². The molecule has 0 spiro atoms. The van der Waals surface area contributed by atoms with Crippen LogP contribution in [-0.4, -0.2) is 54.4 Å². The number of methoxy groups -OCH3 is 1. The lowest BCUT2D eigenvalue weighted by atomic mass is 9.57. The van der Waals surface area contributed by atoms with Gasteiger partial charge in [0, 0.05) is 25.8 Å². The molecule has 5 heteroatoms. The summed E-state index contributed by atoms with van der Waals surface area (Å²) in [5, 5.41) is 11.8. The van der Waals surface area contributed by atoms with Crippen LogP contribution >= 0.6 is 0 Å². The van der Waals surface area contributed by atoms with Crippen LogP contribution in [0.25, 0.3) is 0 Å². The number of esters is 1. The van der Waals surface area contributed by atoms with E-state index in [2.05, 4.69) is 43.0 Å². The van der Waals surface area contributed by atoms with Crippen LogP contribution in [0.2, 0.25) is 0 Å². The maximum absolute atomic E-state index is 11.8. The maximum Gasteiger partial charge on any atom is 0.303 e. The first-order valence-electron chi connectivity index (χ1n) is 13.0. The summed E-state index contributed by atoms with van der Waals surface area (Å²) in [4.78, 5) is 14.2. The van der Waals surface area contributed by atoms with Gasteiger partial charge < -0.3 is 19.5 Å². The largest absolute Gasteiger partial charge is 0.496 e. The van der Waals surface area contributed by atoms with Gasteiger partial charge in [-0.1, -0.05) is 38.1 Å². The molecule has 3 aliphatic rings. The van der Waals surface area contributed by atoms with Crippen molar-refractivity contribution in [3.8, 4) is 5.75 Å². The number of para-hydroxylation sites is 1. The Morgan fingerprint density at radius 3 is 2.59 bits per heavy atom. The Morgan fingerprint density at radius 1 is 1.21 bits per heavy atom. The summed E-state index contributed by atoms with van der Waals surface area (Å²) in [5.74, 6) is 2.38. The predicted octanol–water partition coefficient (Wildman–Crippen LogP) is 5.00. The van der Waals surface area contributed by atoms with E-state index in [4.69, 9.17) is 9.47 Å². The van der Waals surface area contributed by atoms with Crippen molar-refractivity contribution in [1.82, 2.24) is 4.90 Å². The number of ether oxygens (including phenoxy) is 2. The number of piperidine rings is 1. The van der Waals surface area contributed by atoms with Gasteiger partial charge in [0.25, 0.3) is 0 Å². The molecular formula is C29H42NO4. The minimum atomic E-state index is -0.923. The SMILES string of the molecule is COc1ccccc1C1CCN(CC(C)[C@@H]2CC[C@@H](C)[C@]3(O)[CH][C@@H](OC(C)=O)C(C)=C[C@H]23)CC1. The van der Waals surface area contributed by atoms with Crippen molar-refractivity contribution in [3.05, 3.63) is 47.9 Å². The molecule has 34 heavy (non-hydrogen) atoms. The lowest BCUT2D eigenvalue weighted by Gasteiger charge is -2.53. The number of benzene rings is 1. The molecule has 1 N–H and O–H groups in total. The van der Waals surface area contributed by atoms with Crippen LogP contribution in [0.4, 0.5) is 0 Å². The molecule has 6 atom stereocenters. The normalized spacial score (nSPS) is 33.5. The second-order valence-corrected chi connectivity index (χ2v) is 11.0. The van der Waals surface area contributed by atoms with E-state index in [0.29, 0.717) is 17.8 Å². The molecular weight excluding hydrogens is 426 g/mol. The van der Waals surface area contributed by atoms with Gasteiger partial charge in [-0.2, -0.15) is 0 Å². The summed E-state index contributed by atoms with van der Waals surface area (Å²) >= 11 is 0. The first-order chi connectivity index (χ1) is 16.2. The maximum atomic E-state index is 11.8. The molecule has 1 saturated heterocycles. The third-order valence-corrected chi connectivity index (χ3v) is 8.76. The van der Waals surface area contributed by atoms with Gasteiger partial charge in [-0.15, -0.1) is 0 Å². The number of aliphatic hydroxyl groups is 1. The Bertz CT molecular complexity index is 890. The molecule has 1 unspecified atom stereocenters. The quantitative estimate of drug-likeness (QED) is 0.470. The number of rotatable bonds is 6. The van der Waals surface area contributed by atoms with Crippen LogP contribution < -0.4 is 4.74 Å². The molecule has 2 aliphatic carbocycles. The van der Waals surface area contributed by atoms with Crippen molar-refractivity contribution in [2.75, 3.05) is 26.7 Å². The number of fused-ring (bicyclic) bond motifs is 1. The fraction of sp³-hybridized carbons (Fsp3) is 0.655. The van der Waals surface area contributed by atoms with Gasteiger partial charge >= 0.3 is 5.97 Å². The molecule has 4 rings (SSSR count). The van der Waals surface area contributed by atoms with Crippen molar-refractivity contribution in [2.45, 2.75) is 71.0 Å². The van der Waals surface area contributed by atoms with Gasteiger partial charge in [0.15, 0.2) is 0 Å². The number of hydrogen-bond donors (Lipinski definition) is 1. The second kappa shape index (κ2) is 10.4. The third kappa shape index (κ3) is 5.06. The number of hydrogen-bond acceptors (Lipinski definition) is 5. The molecule has 1 aromatic rings. The summed E-state index contributed by atoms with van der Waals surface area (Å²) in [6, 6.07) is 8.43. The highest BCUT2D eigenvalue weighted by molar-refractivity contribution is 5.66. The molecule has 0 bridgehead atoms. The lowest BCUT2D eigenvalue weighted by Crippen LogP contribution is -2.56. The number of carbonyl (C=O) groups is 1. The van der Waals surface area contributed by atoms with Crippen molar-refractivity contribution in [3.63, 3.8) is 0 Å². The molecule has 5 nitrogen and oxygen atoms in total. The van der Waals surface area contributed by atoms with E-state index in [-0.39, 0.29) is 17.8 Å². The van der Waals surface area contributed by atoms with E-state index in [0.717, 1.165) is 56.6 Å². The molecule has 1 heterocycles. The van der Waals surface area contributed by atoms with E-state index in [1.165, 1.54) is 12.5 Å². The van der Waals surface area contributed by atoms with Crippen molar-refractivity contribution >= 4 is 5.97 Å². The smallest absolute Gasteiger partial charge is 0.303 e. The molecule has 1 aromatic carbocycles. The van der Waals surface area contributed by atoms with Gasteiger partial charge in [0.05, 0.1) is 12.7 Å². The minimum absolute atomic E-state index is 0.0733. The molecule has 0 aromatic heterocycles. The summed E-state index contributed by atoms with van der Waals surface area (Å²) in [7, 11) is 1.76. The number of carbonyl (C=O) groups excluding carboxylic acids is 1. The van der Waals surface area contributed by atoms with Crippen LogP contribution in [-0.2, 0) is 9.53 Å². The van der Waals surface area contributed by atoms with Crippen LogP contribution in [0.5, 0.6) is 5.75 Å². The molecule has 1 radical (unpaired) electrons. The fourth-order valence-corrected chi connectivity index (χ4v) is 6.73. The first-order valence-corrected chi connectivity index (χ1v) is 13.0. The Labute approximate surface area is 205 Å². The average Bonchev–Trinajstić information content (AvgIpc) is 2.81. The highest BCUT2D eigenvalue weighted by Crippen LogP contribution is 2.51. The van der Waals surface area contributed by atoms with E-state index < -0.39 is 11.7 Å². The molecule has 187 valence electrons. The summed E-state index contributed by atoms with van der Waals surface area (Å²) < 4.78 is 11.1. The van der Waals surface area contributed by atoms with Gasteiger partial charge in [0.1, 0.15) is 11.9 Å². The zero-order valence-corrected chi connectivity index (χ0v) is 21.5. The van der Waals surface area contributed by atoms with Crippen molar-refractivity contribution in [2.24, 2.45) is 23.7 Å². The highest BCUT2D eigenvalue weighted by atomic mass is 16.5. The Balaban J connectivity index is 1.41. The number of nitrogens with zero attached hydrogens (tertiary/aromatic N) is 1.